The molecule has 0 N–H and O–H groups in total. The van der Waals surface area contributed by atoms with Gasteiger partial charge in [-0.15, -0.1) is 0 Å². The van der Waals surface area contributed by atoms with E-state index >= 15 is 0 Å². The molecule has 1 fully saturated rings. The molecule has 2 heterocycles. The van der Waals surface area contributed by atoms with Crippen LogP contribution in [0.3, 0.4) is 0 Å². The lowest BCUT2D eigenvalue weighted by molar-refractivity contribution is -0.117. The maximum absolute atomic E-state index is 13.2. The Morgan fingerprint density at radius 1 is 0.821 bits per heavy atom. The molecule has 0 atom stereocenters. The third-order valence-electron chi connectivity index (χ3n) is 6.89. The predicted octanol–water partition coefficient (Wildman–Crippen LogP) is 6.32. The van der Waals surface area contributed by atoms with Gasteiger partial charge in [0.2, 0.25) is 0 Å². The number of piperidine rings is 1. The summed E-state index contributed by atoms with van der Waals surface area (Å²) in [6.45, 7) is 6.46. The minimum absolute atomic E-state index is 0.0844. The summed E-state index contributed by atoms with van der Waals surface area (Å²) in [7, 11) is 0. The minimum Gasteiger partial charge on any atom is -0.442 e. The zero-order valence-electron chi connectivity index (χ0n) is 22.6. The van der Waals surface area contributed by atoms with Gasteiger partial charge >= 0.3 is 6.09 Å². The van der Waals surface area contributed by atoms with E-state index in [9.17, 15) is 9.59 Å². The lowest BCUT2D eigenvalue weighted by atomic mass is 9.74. The van der Waals surface area contributed by atoms with E-state index in [0.29, 0.717) is 30.8 Å². The van der Waals surface area contributed by atoms with Crippen LogP contribution in [0.25, 0.3) is 6.08 Å². The van der Waals surface area contributed by atoms with Crippen molar-refractivity contribution < 1.29 is 14.3 Å². The number of rotatable bonds is 5. The van der Waals surface area contributed by atoms with Crippen LogP contribution in [0.15, 0.2) is 109 Å². The molecule has 3 aromatic carbocycles. The zero-order valence-corrected chi connectivity index (χ0v) is 22.6. The van der Waals surface area contributed by atoms with Crippen LogP contribution in [0.5, 0.6) is 0 Å². The van der Waals surface area contributed by atoms with Gasteiger partial charge in [0.15, 0.2) is 5.78 Å². The molecule has 0 amide bonds. The average Bonchev–Trinajstić information content (AvgIpc) is 3.41. The number of ketones is 1. The van der Waals surface area contributed by atoms with E-state index in [1.807, 2.05) is 39.0 Å². The Kier molecular flexibility index (Phi) is 7.31. The van der Waals surface area contributed by atoms with Crippen molar-refractivity contribution in [1.82, 2.24) is 14.7 Å². The number of carbonyl (C=O) groups is 2. The second kappa shape index (κ2) is 10.8. The molecule has 1 aliphatic heterocycles. The van der Waals surface area contributed by atoms with Gasteiger partial charge in [-0.05, 0) is 49.6 Å². The number of ether oxygens (including phenoxy) is 1. The van der Waals surface area contributed by atoms with Gasteiger partial charge in [-0.2, -0.15) is 9.78 Å². The van der Waals surface area contributed by atoms with Gasteiger partial charge in [0.05, 0.1) is 11.2 Å². The second-order valence-electron chi connectivity index (χ2n) is 10.7. The summed E-state index contributed by atoms with van der Waals surface area (Å²) >= 11 is 0. The van der Waals surface area contributed by atoms with Crippen LogP contribution >= 0.6 is 0 Å². The molecule has 0 spiro atoms. The smallest absolute Gasteiger partial charge is 0.435 e. The van der Waals surface area contributed by atoms with Gasteiger partial charge in [0.1, 0.15) is 5.60 Å². The molecule has 0 saturated carbocycles. The fraction of sp³-hybridized carbons (Fsp3) is 0.242. The molecule has 39 heavy (non-hydrogen) atoms. The first-order valence-electron chi connectivity index (χ1n) is 13.2. The van der Waals surface area contributed by atoms with E-state index < -0.39 is 17.2 Å². The number of Topliss-reactive ketones (excluding diaryl/α,β-unsaturated/α-hetero) is 1. The molecule has 0 bridgehead atoms. The number of nitrogens with zero attached hydrogens (tertiary/aromatic N) is 3. The highest BCUT2D eigenvalue weighted by molar-refractivity contribution is 6.00. The Labute approximate surface area is 229 Å². The number of likely N-dealkylation sites (tertiary alicyclic amines) is 1. The van der Waals surface area contributed by atoms with Crippen molar-refractivity contribution in [2.45, 2.75) is 38.3 Å². The topological polar surface area (TPSA) is 64.4 Å². The van der Waals surface area contributed by atoms with Gasteiger partial charge in [-0.1, -0.05) is 91.0 Å². The number of hydrogen-bond donors (Lipinski definition) is 0. The molecule has 6 nitrogen and oxygen atoms in total. The number of aromatic nitrogens is 2. The van der Waals surface area contributed by atoms with Crippen LogP contribution in [0.4, 0.5) is 4.79 Å². The highest BCUT2D eigenvalue weighted by atomic mass is 16.6. The van der Waals surface area contributed by atoms with Crippen molar-refractivity contribution in [2.75, 3.05) is 13.1 Å². The maximum atomic E-state index is 13.2. The number of benzene rings is 3. The van der Waals surface area contributed by atoms with Gasteiger partial charge in [-0.3, -0.25) is 9.69 Å². The lowest BCUT2D eigenvalue weighted by Gasteiger charge is -2.47. The van der Waals surface area contributed by atoms with Crippen LogP contribution in [-0.4, -0.2) is 45.2 Å². The fourth-order valence-electron chi connectivity index (χ4n) is 5.27. The van der Waals surface area contributed by atoms with Gasteiger partial charge in [0, 0.05) is 31.3 Å². The van der Waals surface area contributed by atoms with Crippen molar-refractivity contribution in [3.8, 4) is 0 Å². The Morgan fingerprint density at radius 2 is 1.33 bits per heavy atom. The van der Waals surface area contributed by atoms with Gasteiger partial charge in [-0.25, -0.2) is 4.79 Å². The molecule has 1 aromatic heterocycles. The predicted molar refractivity (Wildman–Crippen MR) is 152 cm³/mol. The molecule has 6 heteroatoms. The van der Waals surface area contributed by atoms with Crippen molar-refractivity contribution >= 4 is 18.0 Å². The van der Waals surface area contributed by atoms with Crippen molar-refractivity contribution in [3.05, 3.63) is 131 Å². The SMILES string of the molecule is CC(C)(C)OC(=O)n1ccc(/C=C2/CN(C(c3ccccc3)(c3ccccc3)c3ccccc3)CCC2=O)n1. The maximum Gasteiger partial charge on any atom is 0.435 e. The van der Waals surface area contributed by atoms with Crippen LogP contribution in [0.1, 0.15) is 49.6 Å². The Bertz CT molecular complexity index is 1370. The highest BCUT2D eigenvalue weighted by Crippen LogP contribution is 2.44. The van der Waals surface area contributed by atoms with Gasteiger partial charge < -0.3 is 4.74 Å². The van der Waals surface area contributed by atoms with E-state index in [0.717, 1.165) is 16.7 Å². The summed E-state index contributed by atoms with van der Waals surface area (Å²) < 4.78 is 6.59. The van der Waals surface area contributed by atoms with Crippen molar-refractivity contribution in [2.24, 2.45) is 0 Å². The van der Waals surface area contributed by atoms with Crippen molar-refractivity contribution in [1.29, 1.82) is 0 Å². The second-order valence-corrected chi connectivity index (χ2v) is 10.7. The quantitative estimate of drug-likeness (QED) is 0.228. The Hall–Kier alpha value is -4.29. The lowest BCUT2D eigenvalue weighted by Crippen LogP contribution is -2.52. The molecular formula is C33H33N3O3. The fourth-order valence-corrected chi connectivity index (χ4v) is 5.27. The van der Waals surface area contributed by atoms with E-state index in [2.05, 4.69) is 82.8 Å². The summed E-state index contributed by atoms with van der Waals surface area (Å²) in [5.41, 5.74) is 3.34. The molecule has 1 saturated heterocycles. The van der Waals surface area contributed by atoms with Gasteiger partial charge in [0.25, 0.3) is 0 Å². The molecule has 5 rings (SSSR count). The number of carbonyl (C=O) groups excluding carboxylic acids is 2. The molecule has 0 radical (unpaired) electrons. The summed E-state index contributed by atoms with van der Waals surface area (Å²) in [4.78, 5) is 28.0. The molecule has 0 unspecified atom stereocenters. The average molecular weight is 520 g/mol. The Balaban J connectivity index is 1.58. The van der Waals surface area contributed by atoms with Crippen LogP contribution in [-0.2, 0) is 15.1 Å². The first-order valence-corrected chi connectivity index (χ1v) is 13.2. The Morgan fingerprint density at radius 3 is 1.82 bits per heavy atom. The zero-order chi connectivity index (χ0) is 27.5. The molecule has 1 aliphatic rings. The molecular weight excluding hydrogens is 486 g/mol. The van der Waals surface area contributed by atoms with Crippen LogP contribution in [0, 0.1) is 0 Å². The molecule has 198 valence electrons. The third-order valence-corrected chi connectivity index (χ3v) is 6.89. The summed E-state index contributed by atoms with van der Waals surface area (Å²) in [6.07, 6.45) is 3.18. The van der Waals surface area contributed by atoms with E-state index in [-0.39, 0.29) is 5.78 Å². The van der Waals surface area contributed by atoms with E-state index in [1.54, 1.807) is 18.3 Å². The summed E-state index contributed by atoms with van der Waals surface area (Å²) in [6, 6.07) is 33.1. The minimum atomic E-state index is -0.628. The summed E-state index contributed by atoms with van der Waals surface area (Å²) in [5.74, 6) is 0.0844. The van der Waals surface area contributed by atoms with Crippen LogP contribution < -0.4 is 0 Å². The van der Waals surface area contributed by atoms with Crippen molar-refractivity contribution in [3.63, 3.8) is 0 Å². The van der Waals surface area contributed by atoms with E-state index in [4.69, 9.17) is 4.74 Å². The largest absolute Gasteiger partial charge is 0.442 e. The molecule has 0 aliphatic carbocycles. The normalized spacial score (nSPS) is 15.9. The van der Waals surface area contributed by atoms with E-state index in [1.165, 1.54) is 4.68 Å². The standard InChI is InChI=1S/C33H33N3O3/c1-32(2,3)39-31(38)36-22-19-29(34-36)23-25-24-35(21-20-30(25)37)33(26-13-7-4-8-14-26,27-15-9-5-10-16-27)28-17-11-6-12-18-28/h4-19,22-23H,20-21,24H2,1-3H3/b25-23-. The third kappa shape index (κ3) is 5.47. The number of hydrogen-bond acceptors (Lipinski definition) is 5. The first kappa shape index (κ1) is 26.3. The first-order chi connectivity index (χ1) is 18.8. The summed E-state index contributed by atoms with van der Waals surface area (Å²) in [5, 5.41) is 4.38. The highest BCUT2D eigenvalue weighted by Gasteiger charge is 2.44. The van der Waals surface area contributed by atoms with Crippen LogP contribution in [0.2, 0.25) is 0 Å². The monoisotopic (exact) mass is 519 g/mol. The molecule has 4 aromatic rings.